The highest BCUT2D eigenvalue weighted by atomic mass is 32.2. The Bertz CT molecular complexity index is 674. The molecule has 0 atom stereocenters. The molecule has 0 aliphatic heterocycles. The van der Waals surface area contributed by atoms with E-state index in [1.54, 1.807) is 30.3 Å². The number of nitriles is 1. The first-order valence-corrected chi connectivity index (χ1v) is 6.45. The Balaban J connectivity index is 2.49. The van der Waals surface area contributed by atoms with Crippen LogP contribution in [0, 0.1) is 18.3 Å². The summed E-state index contributed by atoms with van der Waals surface area (Å²) in [6, 6.07) is 14.4. The van der Waals surface area contributed by atoms with Crippen molar-refractivity contribution in [3.05, 3.63) is 59.2 Å². The molecular weight excluding hydrogens is 258 g/mol. The molecule has 2 aromatic carbocycles. The lowest BCUT2D eigenvalue weighted by molar-refractivity contribution is 0.0693. The van der Waals surface area contributed by atoms with E-state index in [1.807, 2.05) is 19.1 Å². The first-order valence-electron chi connectivity index (χ1n) is 5.63. The van der Waals surface area contributed by atoms with Gasteiger partial charge in [0, 0.05) is 9.79 Å². The second-order valence-electron chi connectivity index (χ2n) is 3.97. The number of hydrogen-bond acceptors (Lipinski definition) is 3. The number of rotatable bonds is 3. The highest BCUT2D eigenvalue weighted by Crippen LogP contribution is 2.34. The van der Waals surface area contributed by atoms with Gasteiger partial charge in [-0.15, -0.1) is 0 Å². The van der Waals surface area contributed by atoms with Crippen molar-refractivity contribution >= 4 is 17.7 Å². The molecule has 0 radical (unpaired) electrons. The molecule has 2 rings (SSSR count). The van der Waals surface area contributed by atoms with Gasteiger partial charge in [-0.2, -0.15) is 5.26 Å². The fraction of sp³-hybridized carbons (Fsp3) is 0.0667. The maximum absolute atomic E-state index is 11.2. The van der Waals surface area contributed by atoms with Crippen LogP contribution in [0.1, 0.15) is 21.5 Å². The number of hydrogen-bond donors (Lipinski definition) is 1. The van der Waals surface area contributed by atoms with Crippen molar-refractivity contribution in [2.24, 2.45) is 0 Å². The van der Waals surface area contributed by atoms with Crippen molar-refractivity contribution in [1.82, 2.24) is 0 Å². The van der Waals surface area contributed by atoms with E-state index in [0.717, 1.165) is 10.5 Å². The molecule has 0 amide bonds. The van der Waals surface area contributed by atoms with E-state index < -0.39 is 5.97 Å². The van der Waals surface area contributed by atoms with Crippen molar-refractivity contribution in [3.8, 4) is 6.07 Å². The topological polar surface area (TPSA) is 61.1 Å². The lowest BCUT2D eigenvalue weighted by Gasteiger charge is -2.09. The largest absolute Gasteiger partial charge is 0.478 e. The molecular formula is C15H11NO2S. The Hall–Kier alpha value is -2.25. The van der Waals surface area contributed by atoms with Crippen LogP contribution in [0.15, 0.2) is 52.3 Å². The second-order valence-corrected chi connectivity index (χ2v) is 5.02. The van der Waals surface area contributed by atoms with Gasteiger partial charge in [-0.25, -0.2) is 4.79 Å². The zero-order chi connectivity index (χ0) is 13.8. The van der Waals surface area contributed by atoms with Gasteiger partial charge in [0.1, 0.15) is 6.07 Å². The zero-order valence-corrected chi connectivity index (χ0v) is 11.1. The summed E-state index contributed by atoms with van der Waals surface area (Å²) >= 11 is 1.32. The van der Waals surface area contributed by atoms with E-state index in [4.69, 9.17) is 10.4 Å². The highest BCUT2D eigenvalue weighted by Gasteiger charge is 2.13. The molecule has 0 bridgehead atoms. The molecule has 0 aliphatic carbocycles. The maximum atomic E-state index is 11.2. The Labute approximate surface area is 115 Å². The van der Waals surface area contributed by atoms with Crippen molar-refractivity contribution < 1.29 is 9.90 Å². The minimum atomic E-state index is -0.963. The number of nitrogens with zero attached hydrogens (tertiary/aromatic N) is 1. The van der Waals surface area contributed by atoms with Crippen molar-refractivity contribution in [2.75, 3.05) is 0 Å². The third-order valence-corrected chi connectivity index (χ3v) is 3.98. The Morgan fingerprint density at radius 3 is 2.63 bits per heavy atom. The van der Waals surface area contributed by atoms with Gasteiger partial charge in [0.2, 0.25) is 0 Å². The van der Waals surface area contributed by atoms with Crippen LogP contribution >= 0.6 is 11.8 Å². The van der Waals surface area contributed by atoms with Gasteiger partial charge >= 0.3 is 5.97 Å². The quantitative estimate of drug-likeness (QED) is 0.922. The number of carboxylic acids is 1. The van der Waals surface area contributed by atoms with Crippen LogP contribution < -0.4 is 0 Å². The molecule has 3 nitrogen and oxygen atoms in total. The standard InChI is InChI=1S/C15H11NO2S/c1-10-5-4-6-11(9-16)14(10)19-13-8-3-2-7-12(13)15(17)18/h2-8H,1H3,(H,17,18). The third-order valence-electron chi connectivity index (χ3n) is 2.66. The van der Waals surface area contributed by atoms with Crippen LogP contribution in [-0.4, -0.2) is 11.1 Å². The molecule has 0 saturated carbocycles. The molecule has 0 unspecified atom stereocenters. The van der Waals surface area contributed by atoms with Gasteiger partial charge in [0.25, 0.3) is 0 Å². The molecule has 0 aliphatic rings. The van der Waals surface area contributed by atoms with Crippen molar-refractivity contribution in [3.63, 3.8) is 0 Å². The van der Waals surface area contributed by atoms with E-state index >= 15 is 0 Å². The van der Waals surface area contributed by atoms with Crippen LogP contribution in [0.2, 0.25) is 0 Å². The molecule has 2 aromatic rings. The zero-order valence-electron chi connectivity index (χ0n) is 10.3. The fourth-order valence-corrected chi connectivity index (χ4v) is 2.80. The number of aryl methyl sites for hydroxylation is 1. The minimum absolute atomic E-state index is 0.250. The summed E-state index contributed by atoms with van der Waals surface area (Å²) in [6.07, 6.45) is 0. The van der Waals surface area contributed by atoms with Gasteiger partial charge in [-0.1, -0.05) is 36.0 Å². The smallest absolute Gasteiger partial charge is 0.336 e. The lowest BCUT2D eigenvalue weighted by atomic mass is 10.1. The van der Waals surface area contributed by atoms with Gasteiger partial charge in [0.15, 0.2) is 0 Å². The van der Waals surface area contributed by atoms with Crippen LogP contribution in [0.5, 0.6) is 0 Å². The third kappa shape index (κ3) is 2.78. The first-order chi connectivity index (χ1) is 9.13. The first kappa shape index (κ1) is 13.2. The minimum Gasteiger partial charge on any atom is -0.478 e. The maximum Gasteiger partial charge on any atom is 0.336 e. The molecule has 1 N–H and O–H groups in total. The summed E-state index contributed by atoms with van der Waals surface area (Å²) in [5, 5.41) is 18.3. The molecule has 94 valence electrons. The molecule has 0 fully saturated rings. The number of benzene rings is 2. The molecule has 0 aromatic heterocycles. The van der Waals surface area contributed by atoms with Crippen LogP contribution in [0.25, 0.3) is 0 Å². The van der Waals surface area contributed by atoms with E-state index in [9.17, 15) is 4.79 Å². The number of carbonyl (C=O) groups is 1. The summed E-state index contributed by atoms with van der Waals surface area (Å²) in [7, 11) is 0. The molecule has 0 spiro atoms. The van der Waals surface area contributed by atoms with Crippen LogP contribution in [0.4, 0.5) is 0 Å². The summed E-state index contributed by atoms with van der Waals surface area (Å²) in [6.45, 7) is 1.91. The highest BCUT2D eigenvalue weighted by molar-refractivity contribution is 7.99. The van der Waals surface area contributed by atoms with E-state index in [1.165, 1.54) is 11.8 Å². The van der Waals surface area contributed by atoms with Gasteiger partial charge in [0.05, 0.1) is 11.1 Å². The monoisotopic (exact) mass is 269 g/mol. The summed E-state index contributed by atoms with van der Waals surface area (Å²) in [5.74, 6) is -0.963. The van der Waals surface area contributed by atoms with Crippen molar-refractivity contribution in [1.29, 1.82) is 5.26 Å². The Kier molecular flexibility index (Phi) is 3.88. The molecule has 0 heterocycles. The summed E-state index contributed by atoms with van der Waals surface area (Å²) in [4.78, 5) is 12.6. The van der Waals surface area contributed by atoms with E-state index in [-0.39, 0.29) is 5.56 Å². The normalized spacial score (nSPS) is 9.89. The van der Waals surface area contributed by atoms with Crippen LogP contribution in [-0.2, 0) is 0 Å². The summed E-state index contributed by atoms with van der Waals surface area (Å²) < 4.78 is 0. The Morgan fingerprint density at radius 2 is 1.95 bits per heavy atom. The molecule has 19 heavy (non-hydrogen) atoms. The van der Waals surface area contributed by atoms with E-state index in [0.29, 0.717) is 10.5 Å². The van der Waals surface area contributed by atoms with E-state index in [2.05, 4.69) is 6.07 Å². The summed E-state index contributed by atoms with van der Waals surface area (Å²) in [5.41, 5.74) is 1.77. The van der Waals surface area contributed by atoms with Crippen molar-refractivity contribution in [2.45, 2.75) is 16.7 Å². The molecule has 4 heteroatoms. The number of aromatic carboxylic acids is 1. The van der Waals surface area contributed by atoms with Gasteiger partial charge in [-0.3, -0.25) is 0 Å². The number of carboxylic acid groups (broad SMARTS) is 1. The SMILES string of the molecule is Cc1cccc(C#N)c1Sc1ccccc1C(=O)O. The predicted octanol–water partition coefficient (Wildman–Crippen LogP) is 3.72. The predicted molar refractivity (Wildman–Crippen MR) is 73.4 cm³/mol. The van der Waals surface area contributed by atoms with Gasteiger partial charge < -0.3 is 5.11 Å². The van der Waals surface area contributed by atoms with Crippen LogP contribution in [0.3, 0.4) is 0 Å². The molecule has 0 saturated heterocycles. The average molecular weight is 269 g/mol. The second kappa shape index (κ2) is 5.59. The Morgan fingerprint density at radius 1 is 1.21 bits per heavy atom. The average Bonchev–Trinajstić information content (AvgIpc) is 2.41. The van der Waals surface area contributed by atoms with Gasteiger partial charge in [-0.05, 0) is 30.7 Å². The lowest BCUT2D eigenvalue weighted by Crippen LogP contribution is -1.98. The fourth-order valence-electron chi connectivity index (χ4n) is 1.72.